The van der Waals surface area contributed by atoms with E-state index in [-0.39, 0.29) is 28.5 Å². The van der Waals surface area contributed by atoms with Gasteiger partial charge < -0.3 is 14.7 Å². The molecule has 3 heterocycles. The summed E-state index contributed by atoms with van der Waals surface area (Å²) in [5, 5.41) is 11.3. The van der Waals surface area contributed by atoms with Gasteiger partial charge in [0.2, 0.25) is 5.91 Å². The van der Waals surface area contributed by atoms with E-state index in [2.05, 4.69) is 41.0 Å². The molecule has 0 radical (unpaired) electrons. The highest BCUT2D eigenvalue weighted by Gasteiger charge is 2.43. The maximum atomic E-state index is 13.5. The number of benzene rings is 2. The van der Waals surface area contributed by atoms with Crippen molar-refractivity contribution < 1.29 is 9.72 Å². The monoisotopic (exact) mass is 420 g/mol. The first kappa shape index (κ1) is 19.8. The average molecular weight is 421 g/mol. The molecule has 3 aliphatic rings. The zero-order chi connectivity index (χ0) is 21.5. The largest absolute Gasteiger partial charge is 0.368 e. The molecule has 0 aliphatic carbocycles. The molecule has 1 amide bonds. The molecule has 162 valence electrons. The van der Waals surface area contributed by atoms with Crippen LogP contribution in [0.25, 0.3) is 0 Å². The Bertz CT molecular complexity index is 1000. The highest BCUT2D eigenvalue weighted by molar-refractivity contribution is 5.83. The second-order valence-corrected chi connectivity index (χ2v) is 8.96. The van der Waals surface area contributed by atoms with Crippen molar-refractivity contribution in [2.45, 2.75) is 32.2 Å². The number of nitro benzene ring substituents is 1. The van der Waals surface area contributed by atoms with Gasteiger partial charge in [-0.15, -0.1) is 0 Å². The fraction of sp³-hybridized carbons (Fsp3) is 0.458. The quantitative estimate of drug-likeness (QED) is 0.562. The zero-order valence-electron chi connectivity index (χ0n) is 17.9. The van der Waals surface area contributed by atoms with Crippen LogP contribution < -0.4 is 9.80 Å². The molecule has 0 N–H and O–H groups in total. The van der Waals surface area contributed by atoms with E-state index in [9.17, 15) is 14.9 Å². The van der Waals surface area contributed by atoms with Gasteiger partial charge in [-0.25, -0.2) is 0 Å². The van der Waals surface area contributed by atoms with Crippen LogP contribution in [0.5, 0.6) is 0 Å². The third-order valence-electron chi connectivity index (χ3n) is 7.04. The number of amides is 1. The number of carbonyl (C=O) groups excluding carboxylic acids is 1. The summed E-state index contributed by atoms with van der Waals surface area (Å²) >= 11 is 0. The van der Waals surface area contributed by atoms with Crippen LogP contribution in [0.15, 0.2) is 42.5 Å². The van der Waals surface area contributed by atoms with Crippen molar-refractivity contribution in [2.24, 2.45) is 5.92 Å². The normalized spacial score (nSPS) is 22.8. The first-order valence-corrected chi connectivity index (χ1v) is 11.2. The Balaban J connectivity index is 1.49. The molecule has 0 saturated carbocycles. The van der Waals surface area contributed by atoms with Crippen LogP contribution in [0, 0.1) is 23.0 Å². The van der Waals surface area contributed by atoms with E-state index in [1.54, 1.807) is 12.1 Å². The molecule has 2 aromatic rings. The summed E-state index contributed by atoms with van der Waals surface area (Å²) in [4.78, 5) is 31.2. The lowest BCUT2D eigenvalue weighted by molar-refractivity contribution is -0.384. The Morgan fingerprint density at radius 2 is 1.77 bits per heavy atom. The number of nitro groups is 1. The lowest BCUT2D eigenvalue weighted by Crippen LogP contribution is -2.61. The number of aryl methyl sites for hydroxylation is 1. The molecule has 2 fully saturated rings. The minimum absolute atomic E-state index is 0.0668. The third-order valence-corrected chi connectivity index (χ3v) is 7.04. The molecular formula is C24H28N4O3. The van der Waals surface area contributed by atoms with Gasteiger partial charge in [0.1, 0.15) is 0 Å². The molecule has 2 aromatic carbocycles. The van der Waals surface area contributed by atoms with Crippen LogP contribution in [0.3, 0.4) is 0 Å². The number of fused-ring (bicyclic) bond motifs is 3. The molecular weight excluding hydrogens is 392 g/mol. The van der Waals surface area contributed by atoms with Gasteiger partial charge in [-0.2, -0.15) is 0 Å². The van der Waals surface area contributed by atoms with E-state index < -0.39 is 0 Å². The van der Waals surface area contributed by atoms with Crippen LogP contribution in [-0.2, 0) is 11.2 Å². The van der Waals surface area contributed by atoms with Gasteiger partial charge in [-0.3, -0.25) is 14.9 Å². The summed E-state index contributed by atoms with van der Waals surface area (Å²) in [6, 6.07) is 13.8. The van der Waals surface area contributed by atoms with Crippen molar-refractivity contribution in [1.82, 2.24) is 4.90 Å². The Kier molecular flexibility index (Phi) is 5.04. The van der Waals surface area contributed by atoms with Gasteiger partial charge in [0, 0.05) is 56.2 Å². The van der Waals surface area contributed by atoms with E-state index in [1.807, 2.05) is 11.0 Å². The minimum Gasteiger partial charge on any atom is -0.368 e. The molecule has 0 aromatic heterocycles. The summed E-state index contributed by atoms with van der Waals surface area (Å²) < 4.78 is 0. The predicted octanol–water partition coefficient (Wildman–Crippen LogP) is 3.39. The molecule has 3 aliphatic heterocycles. The Morgan fingerprint density at radius 3 is 2.48 bits per heavy atom. The van der Waals surface area contributed by atoms with Gasteiger partial charge in [0.15, 0.2) is 0 Å². The molecule has 5 rings (SSSR count). The van der Waals surface area contributed by atoms with Gasteiger partial charge in [-0.1, -0.05) is 17.7 Å². The second kappa shape index (κ2) is 7.87. The van der Waals surface area contributed by atoms with Gasteiger partial charge in [-0.05, 0) is 49.9 Å². The minimum atomic E-state index is -0.348. The topological polar surface area (TPSA) is 69.9 Å². The number of hydrogen-bond acceptors (Lipinski definition) is 5. The second-order valence-electron chi connectivity index (χ2n) is 8.96. The summed E-state index contributed by atoms with van der Waals surface area (Å²) in [5.74, 6) is 0.0243. The predicted molar refractivity (Wildman–Crippen MR) is 121 cm³/mol. The molecule has 7 nitrogen and oxygen atoms in total. The molecule has 0 bridgehead atoms. The average Bonchev–Trinajstić information content (AvgIpc) is 3.33. The Morgan fingerprint density at radius 1 is 1.03 bits per heavy atom. The van der Waals surface area contributed by atoms with E-state index in [1.165, 1.54) is 11.3 Å². The standard InChI is InChI=1S/C24H28N4O3/c1-17-4-6-19(7-5-17)26-12-13-27-22-9-8-20(28(30)31)14-18(22)15-21(23(27)16-26)24(29)25-10-2-3-11-25/h4-9,14,21,23H,2-3,10-13,15-16H2,1H3/t21-,23-/m0/s1. The Labute approximate surface area is 182 Å². The summed E-state index contributed by atoms with van der Waals surface area (Å²) in [5.41, 5.74) is 4.49. The molecule has 0 spiro atoms. The van der Waals surface area contributed by atoms with Crippen LogP contribution >= 0.6 is 0 Å². The van der Waals surface area contributed by atoms with E-state index in [0.717, 1.165) is 56.8 Å². The molecule has 2 atom stereocenters. The highest BCUT2D eigenvalue weighted by atomic mass is 16.6. The fourth-order valence-corrected chi connectivity index (χ4v) is 5.37. The van der Waals surface area contributed by atoms with Crippen LogP contribution in [-0.4, -0.2) is 54.5 Å². The van der Waals surface area contributed by atoms with Crippen molar-refractivity contribution >= 4 is 23.0 Å². The van der Waals surface area contributed by atoms with Gasteiger partial charge in [0.25, 0.3) is 5.69 Å². The zero-order valence-corrected chi connectivity index (χ0v) is 17.9. The van der Waals surface area contributed by atoms with Crippen molar-refractivity contribution in [3.05, 3.63) is 63.7 Å². The number of non-ortho nitro benzene ring substituents is 1. The van der Waals surface area contributed by atoms with Crippen molar-refractivity contribution in [3.63, 3.8) is 0 Å². The maximum absolute atomic E-state index is 13.5. The Hall–Kier alpha value is -3.09. The number of anilines is 2. The number of carbonyl (C=O) groups is 1. The number of piperazine rings is 1. The summed E-state index contributed by atoms with van der Waals surface area (Å²) in [6.07, 6.45) is 2.68. The van der Waals surface area contributed by atoms with E-state index >= 15 is 0 Å². The van der Waals surface area contributed by atoms with Crippen LogP contribution in [0.4, 0.5) is 17.1 Å². The summed E-state index contributed by atoms with van der Waals surface area (Å²) in [7, 11) is 0. The highest BCUT2D eigenvalue weighted by Crippen LogP contribution is 2.39. The fourth-order valence-electron chi connectivity index (χ4n) is 5.37. The van der Waals surface area contributed by atoms with Crippen LogP contribution in [0.2, 0.25) is 0 Å². The van der Waals surface area contributed by atoms with Crippen molar-refractivity contribution in [3.8, 4) is 0 Å². The lowest BCUT2D eigenvalue weighted by atomic mass is 9.82. The van der Waals surface area contributed by atoms with E-state index in [4.69, 9.17) is 0 Å². The number of hydrogen-bond donors (Lipinski definition) is 0. The number of nitrogens with zero attached hydrogens (tertiary/aromatic N) is 4. The van der Waals surface area contributed by atoms with Crippen molar-refractivity contribution in [1.29, 1.82) is 0 Å². The lowest BCUT2D eigenvalue weighted by Gasteiger charge is -2.50. The molecule has 31 heavy (non-hydrogen) atoms. The first-order chi connectivity index (χ1) is 15.0. The van der Waals surface area contributed by atoms with Gasteiger partial charge in [0.05, 0.1) is 16.9 Å². The molecule has 0 unspecified atom stereocenters. The van der Waals surface area contributed by atoms with E-state index in [0.29, 0.717) is 6.42 Å². The molecule has 2 saturated heterocycles. The smallest absolute Gasteiger partial charge is 0.269 e. The number of rotatable bonds is 3. The SMILES string of the molecule is Cc1ccc(N2CCN3c4ccc([N+](=O)[O-])cc4C[C@H](C(=O)N4CCCC4)[C@@H]3C2)cc1. The maximum Gasteiger partial charge on any atom is 0.269 e. The molecule has 7 heteroatoms. The number of likely N-dealkylation sites (tertiary alicyclic amines) is 1. The van der Waals surface area contributed by atoms with Crippen LogP contribution in [0.1, 0.15) is 24.0 Å². The van der Waals surface area contributed by atoms with Gasteiger partial charge >= 0.3 is 0 Å². The van der Waals surface area contributed by atoms with Crippen molar-refractivity contribution in [2.75, 3.05) is 42.5 Å². The third kappa shape index (κ3) is 3.62. The first-order valence-electron chi connectivity index (χ1n) is 11.2. The summed E-state index contributed by atoms with van der Waals surface area (Å²) in [6.45, 7) is 6.18.